The van der Waals surface area contributed by atoms with Gasteiger partial charge in [0, 0.05) is 21.9 Å². The molecule has 0 fully saturated rings. The molecular formula is C17H19N3S. The van der Waals surface area contributed by atoms with Crippen LogP contribution in [0.4, 0.5) is 0 Å². The Balaban J connectivity index is 2.03. The number of hydrogen-bond donors (Lipinski definition) is 0. The lowest BCUT2D eigenvalue weighted by atomic mass is 10.0. The molecular weight excluding hydrogens is 278 g/mol. The minimum atomic E-state index is 0.410. The first-order chi connectivity index (χ1) is 10.1. The van der Waals surface area contributed by atoms with Gasteiger partial charge >= 0.3 is 0 Å². The van der Waals surface area contributed by atoms with Crippen molar-refractivity contribution in [2.45, 2.75) is 19.9 Å². The Morgan fingerprint density at radius 3 is 2.48 bits per heavy atom. The fourth-order valence-corrected chi connectivity index (χ4v) is 3.27. The van der Waals surface area contributed by atoms with Crippen molar-refractivity contribution in [1.29, 1.82) is 0 Å². The fraction of sp³-hybridized carbons (Fsp3) is 0.294. The number of fused-ring (bicyclic) bond motifs is 1. The number of thiophene rings is 1. The van der Waals surface area contributed by atoms with Crippen molar-refractivity contribution in [1.82, 2.24) is 14.9 Å². The van der Waals surface area contributed by atoms with Crippen LogP contribution in [0.1, 0.15) is 23.4 Å². The maximum Gasteiger partial charge on any atom is 0.127 e. The van der Waals surface area contributed by atoms with E-state index in [-0.39, 0.29) is 0 Å². The molecule has 1 aromatic carbocycles. The normalized spacial score (nSPS) is 13.0. The Morgan fingerprint density at radius 1 is 1.10 bits per heavy atom. The minimum Gasteiger partial charge on any atom is -0.303 e. The Hall–Kier alpha value is -1.78. The molecule has 0 saturated carbocycles. The first kappa shape index (κ1) is 14.2. The molecule has 3 aromatic rings. The Morgan fingerprint density at radius 2 is 1.81 bits per heavy atom. The monoisotopic (exact) mass is 297 g/mol. The molecule has 0 saturated heterocycles. The zero-order valence-electron chi connectivity index (χ0n) is 12.8. The second-order valence-corrected chi connectivity index (χ2v) is 6.79. The molecule has 2 aromatic heterocycles. The highest BCUT2D eigenvalue weighted by atomic mass is 32.1. The highest BCUT2D eigenvalue weighted by Gasteiger charge is 2.11. The number of nitrogens with zero attached hydrogens (tertiary/aromatic N) is 3. The lowest BCUT2D eigenvalue weighted by molar-refractivity contribution is 0.321. The summed E-state index contributed by atoms with van der Waals surface area (Å²) < 4.78 is 0. The SMILES string of the molecule is Cc1cc2c(-c3ccc([C@H](C)N(C)C)cc3)ncnc2s1. The molecule has 108 valence electrons. The summed E-state index contributed by atoms with van der Waals surface area (Å²) in [5.41, 5.74) is 3.49. The Labute approximate surface area is 129 Å². The van der Waals surface area contributed by atoms with E-state index in [1.165, 1.54) is 10.4 Å². The van der Waals surface area contributed by atoms with Crippen LogP contribution in [0, 0.1) is 6.92 Å². The first-order valence-corrected chi connectivity index (χ1v) is 7.86. The average Bonchev–Trinajstić information content (AvgIpc) is 2.86. The maximum atomic E-state index is 4.49. The molecule has 0 bridgehead atoms. The highest BCUT2D eigenvalue weighted by molar-refractivity contribution is 7.18. The third-order valence-electron chi connectivity index (χ3n) is 3.89. The van der Waals surface area contributed by atoms with Gasteiger partial charge in [0.2, 0.25) is 0 Å². The molecule has 3 nitrogen and oxygen atoms in total. The van der Waals surface area contributed by atoms with Gasteiger partial charge in [-0.15, -0.1) is 11.3 Å². The summed E-state index contributed by atoms with van der Waals surface area (Å²) in [7, 11) is 4.20. The van der Waals surface area contributed by atoms with Crippen molar-refractivity contribution in [2.24, 2.45) is 0 Å². The zero-order valence-corrected chi connectivity index (χ0v) is 13.6. The van der Waals surface area contributed by atoms with Gasteiger partial charge in [-0.1, -0.05) is 24.3 Å². The molecule has 0 spiro atoms. The van der Waals surface area contributed by atoms with E-state index >= 15 is 0 Å². The van der Waals surface area contributed by atoms with Crippen LogP contribution < -0.4 is 0 Å². The zero-order chi connectivity index (χ0) is 15.0. The van der Waals surface area contributed by atoms with Crippen molar-refractivity contribution in [3.05, 3.63) is 47.1 Å². The molecule has 0 amide bonds. The second kappa shape index (κ2) is 5.54. The highest BCUT2D eigenvalue weighted by Crippen LogP contribution is 2.31. The van der Waals surface area contributed by atoms with Crippen LogP contribution in [0.3, 0.4) is 0 Å². The summed E-state index contributed by atoms with van der Waals surface area (Å²) in [5.74, 6) is 0. The van der Waals surface area contributed by atoms with Crippen molar-refractivity contribution in [3.63, 3.8) is 0 Å². The Kier molecular flexibility index (Phi) is 3.74. The second-order valence-electron chi connectivity index (χ2n) is 5.56. The summed E-state index contributed by atoms with van der Waals surface area (Å²) >= 11 is 1.72. The van der Waals surface area contributed by atoms with Crippen LogP contribution in [-0.2, 0) is 0 Å². The van der Waals surface area contributed by atoms with Crippen LogP contribution in [-0.4, -0.2) is 29.0 Å². The molecule has 4 heteroatoms. The summed E-state index contributed by atoms with van der Waals surface area (Å²) in [5, 5.41) is 1.15. The Bertz CT molecular complexity index is 759. The largest absolute Gasteiger partial charge is 0.303 e. The topological polar surface area (TPSA) is 29.0 Å². The summed E-state index contributed by atoms with van der Waals surface area (Å²) in [6.45, 7) is 4.32. The summed E-state index contributed by atoms with van der Waals surface area (Å²) in [6, 6.07) is 11.3. The van der Waals surface area contributed by atoms with Crippen LogP contribution >= 0.6 is 11.3 Å². The van der Waals surface area contributed by atoms with E-state index in [9.17, 15) is 0 Å². The molecule has 3 rings (SSSR count). The van der Waals surface area contributed by atoms with Crippen molar-refractivity contribution < 1.29 is 0 Å². The van der Waals surface area contributed by atoms with E-state index in [1.807, 2.05) is 0 Å². The lowest BCUT2D eigenvalue weighted by Crippen LogP contribution is -2.16. The summed E-state index contributed by atoms with van der Waals surface area (Å²) in [6.07, 6.45) is 1.66. The van der Waals surface area contributed by atoms with E-state index in [0.29, 0.717) is 6.04 Å². The van der Waals surface area contributed by atoms with Gasteiger partial charge in [-0.25, -0.2) is 9.97 Å². The molecule has 0 radical (unpaired) electrons. The molecule has 0 aliphatic carbocycles. The number of hydrogen-bond acceptors (Lipinski definition) is 4. The van der Waals surface area contributed by atoms with E-state index in [0.717, 1.165) is 21.5 Å². The molecule has 1 atom stereocenters. The van der Waals surface area contributed by atoms with Gasteiger partial charge in [-0.3, -0.25) is 0 Å². The molecule has 0 N–H and O–H groups in total. The quantitative estimate of drug-likeness (QED) is 0.722. The van der Waals surface area contributed by atoms with Gasteiger partial charge in [0.15, 0.2) is 0 Å². The smallest absolute Gasteiger partial charge is 0.127 e. The van der Waals surface area contributed by atoms with Crippen LogP contribution in [0.2, 0.25) is 0 Å². The lowest BCUT2D eigenvalue weighted by Gasteiger charge is -2.20. The number of aryl methyl sites for hydroxylation is 1. The van der Waals surface area contributed by atoms with Gasteiger partial charge in [0.05, 0.1) is 5.69 Å². The first-order valence-electron chi connectivity index (χ1n) is 7.04. The minimum absolute atomic E-state index is 0.410. The van der Waals surface area contributed by atoms with Gasteiger partial charge in [0.25, 0.3) is 0 Å². The van der Waals surface area contributed by atoms with E-state index in [1.54, 1.807) is 17.7 Å². The van der Waals surface area contributed by atoms with Crippen LogP contribution in [0.25, 0.3) is 21.5 Å². The van der Waals surface area contributed by atoms with Gasteiger partial charge in [-0.05, 0) is 39.6 Å². The van der Waals surface area contributed by atoms with Crippen molar-refractivity contribution in [3.8, 4) is 11.3 Å². The van der Waals surface area contributed by atoms with E-state index < -0.39 is 0 Å². The van der Waals surface area contributed by atoms with Crippen LogP contribution in [0.5, 0.6) is 0 Å². The van der Waals surface area contributed by atoms with Gasteiger partial charge in [0.1, 0.15) is 11.2 Å². The molecule has 2 heterocycles. The predicted molar refractivity (Wildman–Crippen MR) is 89.7 cm³/mol. The molecule has 0 aliphatic heterocycles. The molecule has 0 unspecified atom stereocenters. The number of aromatic nitrogens is 2. The predicted octanol–water partition coefficient (Wildman–Crippen LogP) is 4.29. The maximum absolute atomic E-state index is 4.49. The summed E-state index contributed by atoms with van der Waals surface area (Å²) in [4.78, 5) is 13.4. The third kappa shape index (κ3) is 2.69. The fourth-order valence-electron chi connectivity index (χ4n) is 2.42. The number of rotatable bonds is 3. The van der Waals surface area contributed by atoms with Crippen molar-refractivity contribution in [2.75, 3.05) is 14.1 Å². The van der Waals surface area contributed by atoms with Crippen molar-refractivity contribution >= 4 is 21.6 Å². The molecule has 0 aliphatic rings. The van der Waals surface area contributed by atoms with Crippen LogP contribution in [0.15, 0.2) is 36.7 Å². The third-order valence-corrected chi connectivity index (χ3v) is 4.85. The molecule has 21 heavy (non-hydrogen) atoms. The standard InChI is InChI=1S/C17H19N3S/c1-11-9-15-16(18-10-19-17(15)21-11)14-7-5-13(6-8-14)12(2)20(3)4/h5-10,12H,1-4H3/t12-/m0/s1. The van der Waals surface area contributed by atoms with E-state index in [4.69, 9.17) is 0 Å². The number of benzene rings is 1. The average molecular weight is 297 g/mol. The van der Waals surface area contributed by atoms with Gasteiger partial charge in [-0.2, -0.15) is 0 Å². The van der Waals surface area contributed by atoms with Gasteiger partial charge < -0.3 is 4.90 Å². The van der Waals surface area contributed by atoms with E-state index in [2.05, 4.69) is 73.1 Å².